The third-order valence-electron chi connectivity index (χ3n) is 4.36. The Bertz CT molecular complexity index is 669. The number of anilines is 1. The zero-order chi connectivity index (χ0) is 15.5. The van der Waals surface area contributed by atoms with E-state index in [1.54, 1.807) is 0 Å². The highest BCUT2D eigenvalue weighted by Crippen LogP contribution is 2.30. The molecule has 1 unspecified atom stereocenters. The van der Waals surface area contributed by atoms with Gasteiger partial charge in [0.2, 0.25) is 0 Å². The van der Waals surface area contributed by atoms with Crippen molar-refractivity contribution in [2.75, 3.05) is 25.5 Å². The van der Waals surface area contributed by atoms with E-state index in [1.165, 1.54) is 22.0 Å². The van der Waals surface area contributed by atoms with Gasteiger partial charge < -0.3 is 9.64 Å². The molecule has 1 aliphatic heterocycles. The number of fused-ring (bicyclic) bond motifs is 1. The van der Waals surface area contributed by atoms with Gasteiger partial charge in [-0.05, 0) is 29.9 Å². The molecule has 0 bridgehead atoms. The van der Waals surface area contributed by atoms with Crippen molar-refractivity contribution in [1.29, 1.82) is 0 Å². The van der Waals surface area contributed by atoms with E-state index < -0.39 is 0 Å². The van der Waals surface area contributed by atoms with Gasteiger partial charge in [-0.1, -0.05) is 30.3 Å². The summed E-state index contributed by atoms with van der Waals surface area (Å²) in [7, 11) is 4.13. The standard InChI is InChI=1S/C18H22N2O2/c1-19(2)17-9-4-7-15-14(6-3-8-16(15)17)12-20-11-5-10-18(20)22-13-21/h3-4,6-9,13,18H,5,10-12H2,1-2H3. The summed E-state index contributed by atoms with van der Waals surface area (Å²) in [4.78, 5) is 15.0. The molecule has 116 valence electrons. The third kappa shape index (κ3) is 2.79. The van der Waals surface area contributed by atoms with Gasteiger partial charge in [0.15, 0.2) is 6.23 Å². The van der Waals surface area contributed by atoms with Gasteiger partial charge in [-0.15, -0.1) is 0 Å². The Morgan fingerprint density at radius 3 is 2.77 bits per heavy atom. The second-order valence-electron chi connectivity index (χ2n) is 5.98. The largest absolute Gasteiger partial charge is 0.449 e. The normalized spacial score (nSPS) is 18.5. The summed E-state index contributed by atoms with van der Waals surface area (Å²) < 4.78 is 5.20. The summed E-state index contributed by atoms with van der Waals surface area (Å²) in [5, 5.41) is 2.53. The van der Waals surface area contributed by atoms with Crippen LogP contribution in [0, 0.1) is 0 Å². The van der Waals surface area contributed by atoms with E-state index in [0.29, 0.717) is 6.47 Å². The first-order valence-corrected chi connectivity index (χ1v) is 7.72. The highest BCUT2D eigenvalue weighted by atomic mass is 16.5. The van der Waals surface area contributed by atoms with E-state index in [4.69, 9.17) is 4.74 Å². The molecule has 4 nitrogen and oxygen atoms in total. The van der Waals surface area contributed by atoms with E-state index >= 15 is 0 Å². The summed E-state index contributed by atoms with van der Waals surface area (Å²) >= 11 is 0. The van der Waals surface area contributed by atoms with Crippen molar-refractivity contribution in [2.45, 2.75) is 25.6 Å². The number of carbonyl (C=O) groups excluding carboxylic acids is 1. The Balaban J connectivity index is 1.94. The Labute approximate surface area is 131 Å². The zero-order valence-electron chi connectivity index (χ0n) is 13.2. The van der Waals surface area contributed by atoms with Gasteiger partial charge in [-0.2, -0.15) is 0 Å². The van der Waals surface area contributed by atoms with Crippen molar-refractivity contribution in [3.63, 3.8) is 0 Å². The molecule has 0 amide bonds. The van der Waals surface area contributed by atoms with Crippen molar-refractivity contribution in [3.8, 4) is 0 Å². The van der Waals surface area contributed by atoms with Crippen LogP contribution in [0.4, 0.5) is 5.69 Å². The van der Waals surface area contributed by atoms with Crippen LogP contribution in [0.3, 0.4) is 0 Å². The Morgan fingerprint density at radius 2 is 2.00 bits per heavy atom. The summed E-state index contributed by atoms with van der Waals surface area (Å²) in [6.07, 6.45) is 1.92. The van der Waals surface area contributed by atoms with Gasteiger partial charge in [0.25, 0.3) is 6.47 Å². The molecular weight excluding hydrogens is 276 g/mol. The number of hydrogen-bond acceptors (Lipinski definition) is 4. The fourth-order valence-corrected chi connectivity index (χ4v) is 3.30. The van der Waals surface area contributed by atoms with E-state index in [-0.39, 0.29) is 6.23 Å². The number of benzene rings is 2. The smallest absolute Gasteiger partial charge is 0.294 e. The molecule has 0 saturated carbocycles. The van der Waals surface area contributed by atoms with E-state index in [2.05, 4.69) is 60.3 Å². The Morgan fingerprint density at radius 1 is 1.23 bits per heavy atom. The lowest BCUT2D eigenvalue weighted by Gasteiger charge is -2.24. The van der Waals surface area contributed by atoms with Gasteiger partial charge in [0.05, 0.1) is 0 Å². The zero-order valence-corrected chi connectivity index (χ0v) is 13.2. The predicted octanol–water partition coefficient (Wildman–Crippen LogP) is 3.00. The lowest BCUT2D eigenvalue weighted by atomic mass is 10.0. The van der Waals surface area contributed by atoms with Gasteiger partial charge in [-0.25, -0.2) is 0 Å². The lowest BCUT2D eigenvalue weighted by molar-refractivity contribution is -0.141. The quantitative estimate of drug-likeness (QED) is 0.795. The maximum absolute atomic E-state index is 10.6. The number of hydrogen-bond donors (Lipinski definition) is 0. The number of nitrogens with zero attached hydrogens (tertiary/aromatic N) is 2. The van der Waals surface area contributed by atoms with Crippen molar-refractivity contribution < 1.29 is 9.53 Å². The number of rotatable bonds is 5. The minimum Gasteiger partial charge on any atom is -0.449 e. The molecule has 1 saturated heterocycles. The van der Waals surface area contributed by atoms with Crippen molar-refractivity contribution in [3.05, 3.63) is 42.0 Å². The molecular formula is C18H22N2O2. The predicted molar refractivity (Wildman–Crippen MR) is 88.9 cm³/mol. The average molecular weight is 298 g/mol. The highest BCUT2D eigenvalue weighted by Gasteiger charge is 2.26. The van der Waals surface area contributed by atoms with Crippen LogP contribution in [0.1, 0.15) is 18.4 Å². The van der Waals surface area contributed by atoms with Gasteiger partial charge in [0.1, 0.15) is 0 Å². The molecule has 0 aliphatic carbocycles. The highest BCUT2D eigenvalue weighted by molar-refractivity contribution is 5.96. The molecule has 1 aliphatic rings. The molecule has 22 heavy (non-hydrogen) atoms. The molecule has 4 heteroatoms. The van der Waals surface area contributed by atoms with Crippen LogP contribution in [0.15, 0.2) is 36.4 Å². The molecule has 1 atom stereocenters. The van der Waals surface area contributed by atoms with E-state index in [0.717, 1.165) is 25.9 Å². The number of carbonyl (C=O) groups is 1. The minimum atomic E-state index is -0.0789. The van der Waals surface area contributed by atoms with Crippen molar-refractivity contribution in [1.82, 2.24) is 4.90 Å². The molecule has 0 spiro atoms. The van der Waals surface area contributed by atoms with E-state index in [1.807, 2.05) is 0 Å². The van der Waals surface area contributed by atoms with Gasteiger partial charge in [0, 0.05) is 38.3 Å². The third-order valence-corrected chi connectivity index (χ3v) is 4.36. The molecule has 1 fully saturated rings. The Kier molecular flexibility index (Phi) is 4.29. The first kappa shape index (κ1) is 14.9. The summed E-state index contributed by atoms with van der Waals surface area (Å²) in [5.74, 6) is 0. The number of ether oxygens (including phenoxy) is 1. The van der Waals surface area contributed by atoms with Crippen LogP contribution in [0.25, 0.3) is 10.8 Å². The maximum atomic E-state index is 10.6. The van der Waals surface area contributed by atoms with Crippen LogP contribution in [-0.4, -0.2) is 38.2 Å². The average Bonchev–Trinajstić information content (AvgIpc) is 2.94. The van der Waals surface area contributed by atoms with Crippen LogP contribution >= 0.6 is 0 Å². The Hall–Kier alpha value is -2.07. The molecule has 1 heterocycles. The number of likely N-dealkylation sites (tertiary alicyclic amines) is 1. The summed E-state index contributed by atoms with van der Waals surface area (Å²) in [6, 6.07) is 12.8. The fourth-order valence-electron chi connectivity index (χ4n) is 3.30. The molecule has 2 aromatic carbocycles. The van der Waals surface area contributed by atoms with Crippen LogP contribution in [-0.2, 0) is 16.1 Å². The SMILES string of the molecule is CN(C)c1cccc2c(CN3CCCC3OC=O)cccc12. The van der Waals surface area contributed by atoms with Gasteiger partial charge in [-0.3, -0.25) is 9.69 Å². The molecule has 0 aromatic heterocycles. The second-order valence-corrected chi connectivity index (χ2v) is 5.98. The second kappa shape index (κ2) is 6.36. The van der Waals surface area contributed by atoms with Crippen LogP contribution in [0.2, 0.25) is 0 Å². The fraction of sp³-hybridized carbons (Fsp3) is 0.389. The van der Waals surface area contributed by atoms with Gasteiger partial charge >= 0.3 is 0 Å². The van der Waals surface area contributed by atoms with Crippen LogP contribution in [0.5, 0.6) is 0 Å². The van der Waals surface area contributed by atoms with Crippen molar-refractivity contribution >= 4 is 22.9 Å². The van der Waals surface area contributed by atoms with E-state index in [9.17, 15) is 4.79 Å². The van der Waals surface area contributed by atoms with Crippen LogP contribution < -0.4 is 4.90 Å². The monoisotopic (exact) mass is 298 g/mol. The first-order chi connectivity index (χ1) is 10.7. The molecule has 0 N–H and O–H groups in total. The minimum absolute atomic E-state index is 0.0789. The molecule has 3 rings (SSSR count). The topological polar surface area (TPSA) is 32.8 Å². The first-order valence-electron chi connectivity index (χ1n) is 7.72. The summed E-state index contributed by atoms with van der Waals surface area (Å²) in [5.41, 5.74) is 2.50. The maximum Gasteiger partial charge on any atom is 0.294 e. The summed E-state index contributed by atoms with van der Waals surface area (Å²) in [6.45, 7) is 2.35. The molecule has 0 radical (unpaired) electrons. The van der Waals surface area contributed by atoms with Crippen molar-refractivity contribution in [2.24, 2.45) is 0 Å². The lowest BCUT2D eigenvalue weighted by Crippen LogP contribution is -2.30. The molecule has 2 aromatic rings.